The van der Waals surface area contributed by atoms with Gasteiger partial charge in [0, 0.05) is 13.1 Å². The van der Waals surface area contributed by atoms with E-state index in [0.29, 0.717) is 18.8 Å². The molecular formula is C12H21N3O4S. The van der Waals surface area contributed by atoms with Crippen molar-refractivity contribution in [3.05, 3.63) is 11.8 Å². The highest BCUT2D eigenvalue weighted by atomic mass is 32.2. The number of rotatable bonds is 6. The Morgan fingerprint density at radius 3 is 2.75 bits per heavy atom. The molecule has 0 aliphatic carbocycles. The van der Waals surface area contributed by atoms with Crippen molar-refractivity contribution in [1.82, 2.24) is 14.5 Å². The van der Waals surface area contributed by atoms with Crippen LogP contribution in [0.1, 0.15) is 38.5 Å². The van der Waals surface area contributed by atoms with Crippen molar-refractivity contribution in [2.75, 3.05) is 13.2 Å². The van der Waals surface area contributed by atoms with Crippen molar-refractivity contribution in [2.45, 2.75) is 44.0 Å². The minimum Gasteiger partial charge on any atom is -0.346 e. The second kappa shape index (κ2) is 6.21. The number of nitrogens with zero attached hydrogens (tertiary/aromatic N) is 2. The predicted molar refractivity (Wildman–Crippen MR) is 72.5 cm³/mol. The molecule has 7 nitrogen and oxygen atoms in total. The lowest BCUT2D eigenvalue weighted by atomic mass is 10.2. The summed E-state index contributed by atoms with van der Waals surface area (Å²) < 4.78 is 39.7. The summed E-state index contributed by atoms with van der Waals surface area (Å²) in [7, 11) is -2.05. The Morgan fingerprint density at radius 1 is 1.50 bits per heavy atom. The maximum Gasteiger partial charge on any atom is 0.258 e. The predicted octanol–water partition coefficient (Wildman–Crippen LogP) is 0.932. The van der Waals surface area contributed by atoms with Gasteiger partial charge in [0.25, 0.3) is 10.0 Å². The molecule has 0 spiro atoms. The fourth-order valence-electron chi connectivity index (χ4n) is 2.28. The molecule has 2 heterocycles. The maximum atomic E-state index is 12.5. The van der Waals surface area contributed by atoms with Crippen molar-refractivity contribution in [1.29, 1.82) is 0 Å². The molecule has 114 valence electrons. The molecule has 0 aromatic carbocycles. The Labute approximate surface area is 119 Å². The first-order valence-electron chi connectivity index (χ1n) is 6.73. The number of nitrogens with one attached hydrogen (secondary N) is 1. The highest BCUT2D eigenvalue weighted by Crippen LogP contribution is 2.28. The first kappa shape index (κ1) is 15.4. The molecule has 1 atom stereocenters. The van der Waals surface area contributed by atoms with E-state index in [-0.39, 0.29) is 11.1 Å². The van der Waals surface area contributed by atoms with Crippen molar-refractivity contribution < 1.29 is 17.9 Å². The highest BCUT2D eigenvalue weighted by molar-refractivity contribution is 7.89. The van der Waals surface area contributed by atoms with Crippen LogP contribution >= 0.6 is 0 Å². The third kappa shape index (κ3) is 3.20. The van der Waals surface area contributed by atoms with E-state index in [2.05, 4.69) is 9.82 Å². The van der Waals surface area contributed by atoms with Gasteiger partial charge in [-0.3, -0.25) is 4.68 Å². The van der Waals surface area contributed by atoms with Crippen molar-refractivity contribution in [3.63, 3.8) is 0 Å². The summed E-state index contributed by atoms with van der Waals surface area (Å²) in [5.74, 6) is 0. The summed E-state index contributed by atoms with van der Waals surface area (Å²) in [6, 6.07) is -0.127. The van der Waals surface area contributed by atoms with Gasteiger partial charge in [-0.2, -0.15) is 5.10 Å². The van der Waals surface area contributed by atoms with E-state index in [1.54, 1.807) is 7.05 Å². The van der Waals surface area contributed by atoms with Crippen LogP contribution in [0.15, 0.2) is 11.2 Å². The lowest BCUT2D eigenvalue weighted by Gasteiger charge is -2.16. The smallest absolute Gasteiger partial charge is 0.258 e. The van der Waals surface area contributed by atoms with Gasteiger partial charge < -0.3 is 9.47 Å². The molecule has 1 aliphatic heterocycles. The van der Waals surface area contributed by atoms with Crippen LogP contribution in [0.3, 0.4) is 0 Å². The molecule has 0 radical (unpaired) electrons. The first-order valence-corrected chi connectivity index (χ1v) is 8.21. The van der Waals surface area contributed by atoms with E-state index in [0.717, 1.165) is 12.8 Å². The Hall–Kier alpha value is -0.960. The summed E-state index contributed by atoms with van der Waals surface area (Å²) in [4.78, 5) is 0. The van der Waals surface area contributed by atoms with Gasteiger partial charge >= 0.3 is 0 Å². The molecule has 1 fully saturated rings. The van der Waals surface area contributed by atoms with Crippen LogP contribution in [0.5, 0.6) is 0 Å². The molecule has 1 aromatic heterocycles. The van der Waals surface area contributed by atoms with Crippen LogP contribution in [0, 0.1) is 0 Å². The Balaban J connectivity index is 2.28. The van der Waals surface area contributed by atoms with E-state index < -0.39 is 16.3 Å². The molecule has 1 aromatic rings. The molecule has 1 N–H and O–H groups in total. The Morgan fingerprint density at radius 2 is 2.15 bits per heavy atom. The fraction of sp³-hybridized carbons (Fsp3) is 0.750. The van der Waals surface area contributed by atoms with Gasteiger partial charge in [-0.15, -0.1) is 0 Å². The molecule has 1 saturated heterocycles. The lowest BCUT2D eigenvalue weighted by molar-refractivity contribution is -0.0463. The Kier molecular flexibility index (Phi) is 4.79. The third-order valence-electron chi connectivity index (χ3n) is 3.12. The van der Waals surface area contributed by atoms with E-state index in [9.17, 15) is 8.42 Å². The molecular weight excluding hydrogens is 282 g/mol. The standard InChI is InChI=1S/C12H21N3O4S/c1-4-5-9(2)14-20(16,17)11-10(8-13-15(11)3)12-18-6-7-19-12/h8-9,12,14H,4-7H2,1-3H3/t9-/m0/s1. The molecule has 1 aliphatic rings. The topological polar surface area (TPSA) is 82.5 Å². The second-order valence-corrected chi connectivity index (χ2v) is 6.54. The van der Waals surface area contributed by atoms with E-state index >= 15 is 0 Å². The first-order chi connectivity index (χ1) is 9.45. The summed E-state index contributed by atoms with van der Waals surface area (Å²) >= 11 is 0. The third-order valence-corrected chi connectivity index (χ3v) is 4.84. The van der Waals surface area contributed by atoms with Gasteiger partial charge in [-0.1, -0.05) is 13.3 Å². The Bertz CT molecular complexity index is 549. The molecule has 2 rings (SSSR count). The van der Waals surface area contributed by atoms with Crippen LogP contribution in [0.4, 0.5) is 0 Å². The molecule has 0 amide bonds. The summed E-state index contributed by atoms with van der Waals surface area (Å²) in [6.07, 6.45) is 2.52. The number of hydrogen-bond acceptors (Lipinski definition) is 5. The minimum absolute atomic E-state index is 0.104. The largest absolute Gasteiger partial charge is 0.346 e. The molecule has 0 bridgehead atoms. The van der Waals surface area contributed by atoms with Gasteiger partial charge in [0.1, 0.15) is 0 Å². The zero-order valence-electron chi connectivity index (χ0n) is 12.0. The number of sulfonamides is 1. The number of hydrogen-bond donors (Lipinski definition) is 1. The maximum absolute atomic E-state index is 12.5. The van der Waals surface area contributed by atoms with Gasteiger partial charge in [0.2, 0.25) is 0 Å². The van der Waals surface area contributed by atoms with Crippen molar-refractivity contribution in [3.8, 4) is 0 Å². The van der Waals surface area contributed by atoms with Crippen LogP contribution in [0.2, 0.25) is 0 Å². The molecule has 0 saturated carbocycles. The van der Waals surface area contributed by atoms with Crippen molar-refractivity contribution >= 4 is 10.0 Å². The molecule has 0 unspecified atom stereocenters. The van der Waals surface area contributed by atoms with Crippen LogP contribution in [0.25, 0.3) is 0 Å². The summed E-state index contributed by atoms with van der Waals surface area (Å²) in [5.41, 5.74) is 0.446. The van der Waals surface area contributed by atoms with Gasteiger partial charge in [-0.25, -0.2) is 13.1 Å². The van der Waals surface area contributed by atoms with Crippen molar-refractivity contribution in [2.24, 2.45) is 7.05 Å². The number of ether oxygens (including phenoxy) is 2. The average Bonchev–Trinajstić information content (AvgIpc) is 2.96. The monoisotopic (exact) mass is 303 g/mol. The highest BCUT2D eigenvalue weighted by Gasteiger charge is 2.31. The van der Waals surface area contributed by atoms with Gasteiger partial charge in [-0.05, 0) is 13.3 Å². The van der Waals surface area contributed by atoms with E-state index in [4.69, 9.17) is 9.47 Å². The number of aromatic nitrogens is 2. The van der Waals surface area contributed by atoms with Crippen LogP contribution in [-0.2, 0) is 26.5 Å². The second-order valence-electron chi connectivity index (χ2n) is 4.91. The number of aryl methyl sites for hydroxylation is 1. The quantitative estimate of drug-likeness (QED) is 0.845. The van der Waals surface area contributed by atoms with E-state index in [1.165, 1.54) is 10.9 Å². The molecule has 20 heavy (non-hydrogen) atoms. The zero-order chi connectivity index (χ0) is 14.8. The van der Waals surface area contributed by atoms with Crippen LogP contribution < -0.4 is 4.72 Å². The normalized spacial score (nSPS) is 18.6. The van der Waals surface area contributed by atoms with Gasteiger partial charge in [0.05, 0.1) is 25.0 Å². The zero-order valence-corrected chi connectivity index (χ0v) is 12.8. The minimum atomic E-state index is -3.65. The van der Waals surface area contributed by atoms with Gasteiger partial charge in [0.15, 0.2) is 11.3 Å². The average molecular weight is 303 g/mol. The SMILES string of the molecule is CCC[C@H](C)NS(=O)(=O)c1c(C2OCCO2)cnn1C. The molecule has 8 heteroatoms. The lowest BCUT2D eigenvalue weighted by Crippen LogP contribution is -2.34. The van der Waals surface area contributed by atoms with Crippen LogP contribution in [-0.4, -0.2) is 37.5 Å². The summed E-state index contributed by atoms with van der Waals surface area (Å²) in [5, 5.41) is 4.12. The summed E-state index contributed by atoms with van der Waals surface area (Å²) in [6.45, 7) is 4.78. The van der Waals surface area contributed by atoms with E-state index in [1.807, 2.05) is 13.8 Å². The fourth-order valence-corrected chi connectivity index (χ4v) is 3.90.